The van der Waals surface area contributed by atoms with E-state index >= 15 is 0 Å². The van der Waals surface area contributed by atoms with E-state index in [4.69, 9.17) is 5.73 Å². The smallest absolute Gasteiger partial charge is 0.0360 e. The zero-order valence-corrected chi connectivity index (χ0v) is 8.50. The number of aromatic nitrogens is 1. The first-order chi connectivity index (χ1) is 6.86. The fourth-order valence-corrected chi connectivity index (χ4v) is 2.13. The lowest BCUT2D eigenvalue weighted by Gasteiger charge is -2.29. The Hall–Kier alpha value is -0.800. The molecule has 1 aliphatic rings. The van der Waals surface area contributed by atoms with Crippen LogP contribution >= 0.6 is 0 Å². The van der Waals surface area contributed by atoms with Gasteiger partial charge in [-0.2, -0.15) is 0 Å². The number of hydrogen-bond donors (Lipinski definition) is 3. The normalized spacial score (nSPS) is 27.8. The first-order valence-electron chi connectivity index (χ1n) is 5.47. The van der Waals surface area contributed by atoms with Gasteiger partial charge in [-0.15, -0.1) is 0 Å². The average Bonchev–Trinajstić information content (AvgIpc) is 2.69. The molecule has 78 valence electrons. The van der Waals surface area contributed by atoms with Gasteiger partial charge in [-0.3, -0.25) is 0 Å². The summed E-state index contributed by atoms with van der Waals surface area (Å²) < 4.78 is 0. The van der Waals surface area contributed by atoms with E-state index in [9.17, 15) is 0 Å². The molecule has 2 unspecified atom stereocenters. The maximum absolute atomic E-state index is 6.05. The van der Waals surface area contributed by atoms with Crippen molar-refractivity contribution in [3.63, 3.8) is 0 Å². The van der Waals surface area contributed by atoms with E-state index in [1.54, 1.807) is 0 Å². The van der Waals surface area contributed by atoms with Gasteiger partial charge >= 0.3 is 0 Å². The van der Waals surface area contributed by atoms with Crippen LogP contribution in [0, 0.1) is 0 Å². The average molecular weight is 193 g/mol. The van der Waals surface area contributed by atoms with Crippen LogP contribution in [0.5, 0.6) is 0 Å². The summed E-state index contributed by atoms with van der Waals surface area (Å²) in [4.78, 5) is 3.19. The molecule has 4 N–H and O–H groups in total. The zero-order chi connectivity index (χ0) is 9.80. The summed E-state index contributed by atoms with van der Waals surface area (Å²) in [6.07, 6.45) is 6.96. The second-order valence-electron chi connectivity index (χ2n) is 4.13. The van der Waals surface area contributed by atoms with E-state index in [-0.39, 0.29) is 0 Å². The summed E-state index contributed by atoms with van der Waals surface area (Å²) in [6.45, 7) is 0.908. The Morgan fingerprint density at radius 3 is 3.00 bits per heavy atom. The van der Waals surface area contributed by atoms with Crippen LogP contribution in [0.2, 0.25) is 0 Å². The van der Waals surface area contributed by atoms with Crippen molar-refractivity contribution in [1.82, 2.24) is 10.3 Å². The third-order valence-corrected chi connectivity index (χ3v) is 3.04. The zero-order valence-electron chi connectivity index (χ0n) is 8.50. The number of hydrogen-bond acceptors (Lipinski definition) is 2. The van der Waals surface area contributed by atoms with E-state index < -0.39 is 0 Å². The van der Waals surface area contributed by atoms with Crippen LogP contribution in [0.3, 0.4) is 0 Å². The van der Waals surface area contributed by atoms with Crippen molar-refractivity contribution in [1.29, 1.82) is 0 Å². The van der Waals surface area contributed by atoms with Crippen LogP contribution in [-0.2, 0) is 6.54 Å². The number of aromatic amines is 1. The predicted octanol–water partition coefficient (Wildman–Crippen LogP) is 1.37. The molecule has 0 radical (unpaired) electrons. The minimum absolute atomic E-state index is 0.346. The van der Waals surface area contributed by atoms with Crippen LogP contribution in [-0.4, -0.2) is 17.1 Å². The summed E-state index contributed by atoms with van der Waals surface area (Å²) in [5.41, 5.74) is 7.28. The van der Waals surface area contributed by atoms with Gasteiger partial charge in [-0.05, 0) is 25.0 Å². The molecule has 1 aromatic heterocycles. The van der Waals surface area contributed by atoms with Gasteiger partial charge in [0.1, 0.15) is 0 Å². The Labute approximate surface area is 85.1 Å². The highest BCUT2D eigenvalue weighted by Gasteiger charge is 2.20. The van der Waals surface area contributed by atoms with Gasteiger partial charge in [-0.25, -0.2) is 0 Å². The molecule has 0 aromatic carbocycles. The highest BCUT2D eigenvalue weighted by atomic mass is 15.0. The third kappa shape index (κ3) is 2.36. The van der Waals surface area contributed by atoms with Crippen LogP contribution in [0.4, 0.5) is 0 Å². The Balaban J connectivity index is 1.79. The molecule has 3 heteroatoms. The maximum atomic E-state index is 6.05. The molecule has 2 rings (SSSR count). The van der Waals surface area contributed by atoms with Crippen LogP contribution in [0.1, 0.15) is 31.4 Å². The number of H-pyrrole nitrogens is 1. The Morgan fingerprint density at radius 1 is 1.43 bits per heavy atom. The summed E-state index contributed by atoms with van der Waals surface area (Å²) in [7, 11) is 0. The second kappa shape index (κ2) is 4.62. The molecule has 1 aromatic rings. The van der Waals surface area contributed by atoms with Gasteiger partial charge in [0.25, 0.3) is 0 Å². The van der Waals surface area contributed by atoms with Crippen LogP contribution in [0.25, 0.3) is 0 Å². The van der Waals surface area contributed by atoms with Crippen molar-refractivity contribution in [3.8, 4) is 0 Å². The number of nitrogens with two attached hydrogens (primary N) is 1. The molecule has 1 heterocycles. The first-order valence-corrected chi connectivity index (χ1v) is 5.47. The molecule has 14 heavy (non-hydrogen) atoms. The number of nitrogens with one attached hydrogen (secondary N) is 2. The predicted molar refractivity (Wildman–Crippen MR) is 57.9 cm³/mol. The molecule has 0 aliphatic heterocycles. The van der Waals surface area contributed by atoms with Crippen molar-refractivity contribution in [2.75, 3.05) is 0 Å². The lowest BCUT2D eigenvalue weighted by molar-refractivity contribution is 0.326. The lowest BCUT2D eigenvalue weighted by Crippen LogP contribution is -2.46. The standard InChI is InChI=1S/C11H19N3/c12-10-5-1-2-6-11(10)14-8-9-4-3-7-13-9/h3-4,7,10-11,13-14H,1-2,5-6,8,12H2. The monoisotopic (exact) mass is 193 g/mol. The summed E-state index contributed by atoms with van der Waals surface area (Å²) in [6, 6.07) is 4.98. The summed E-state index contributed by atoms with van der Waals surface area (Å²) in [5, 5.41) is 3.52. The lowest BCUT2D eigenvalue weighted by atomic mass is 9.91. The van der Waals surface area contributed by atoms with E-state index in [0.29, 0.717) is 12.1 Å². The van der Waals surface area contributed by atoms with E-state index in [1.165, 1.54) is 31.4 Å². The molecular weight excluding hydrogens is 174 g/mol. The van der Waals surface area contributed by atoms with Crippen molar-refractivity contribution in [2.45, 2.75) is 44.3 Å². The third-order valence-electron chi connectivity index (χ3n) is 3.04. The minimum Gasteiger partial charge on any atom is -0.364 e. The Bertz CT molecular complexity index is 256. The second-order valence-corrected chi connectivity index (χ2v) is 4.13. The van der Waals surface area contributed by atoms with E-state index in [1.807, 2.05) is 12.3 Å². The maximum Gasteiger partial charge on any atom is 0.0360 e. The van der Waals surface area contributed by atoms with E-state index in [0.717, 1.165) is 6.54 Å². The molecule has 1 fully saturated rings. The largest absolute Gasteiger partial charge is 0.364 e. The molecule has 3 nitrogen and oxygen atoms in total. The van der Waals surface area contributed by atoms with Crippen molar-refractivity contribution < 1.29 is 0 Å². The van der Waals surface area contributed by atoms with Gasteiger partial charge in [0.2, 0.25) is 0 Å². The van der Waals surface area contributed by atoms with E-state index in [2.05, 4.69) is 16.4 Å². The highest BCUT2D eigenvalue weighted by molar-refractivity contribution is 5.03. The molecule has 0 saturated heterocycles. The molecular formula is C11H19N3. The summed E-state index contributed by atoms with van der Waals surface area (Å²) >= 11 is 0. The van der Waals surface area contributed by atoms with Crippen molar-refractivity contribution in [3.05, 3.63) is 24.0 Å². The topological polar surface area (TPSA) is 53.8 Å². The highest BCUT2D eigenvalue weighted by Crippen LogP contribution is 2.17. The van der Waals surface area contributed by atoms with Gasteiger partial charge in [0.05, 0.1) is 0 Å². The van der Waals surface area contributed by atoms with Crippen molar-refractivity contribution in [2.24, 2.45) is 5.73 Å². The molecule has 1 saturated carbocycles. The molecule has 2 atom stereocenters. The molecule has 1 aliphatic carbocycles. The summed E-state index contributed by atoms with van der Waals surface area (Å²) in [5.74, 6) is 0. The van der Waals surface area contributed by atoms with Crippen molar-refractivity contribution >= 4 is 0 Å². The van der Waals surface area contributed by atoms with Crippen LogP contribution < -0.4 is 11.1 Å². The first kappa shape index (κ1) is 9.74. The minimum atomic E-state index is 0.346. The number of rotatable bonds is 3. The fraction of sp³-hybridized carbons (Fsp3) is 0.636. The fourth-order valence-electron chi connectivity index (χ4n) is 2.13. The molecule has 0 amide bonds. The quantitative estimate of drug-likeness (QED) is 0.679. The van der Waals surface area contributed by atoms with Crippen LogP contribution in [0.15, 0.2) is 18.3 Å². The Morgan fingerprint density at radius 2 is 2.29 bits per heavy atom. The van der Waals surface area contributed by atoms with Gasteiger partial charge < -0.3 is 16.0 Å². The molecule has 0 spiro atoms. The Kier molecular flexibility index (Phi) is 3.22. The van der Waals surface area contributed by atoms with Gasteiger partial charge in [0.15, 0.2) is 0 Å². The molecule has 0 bridgehead atoms. The van der Waals surface area contributed by atoms with Gasteiger partial charge in [0, 0.05) is 30.5 Å². The SMILES string of the molecule is NC1CCCCC1NCc1ccc[nH]1. The van der Waals surface area contributed by atoms with Gasteiger partial charge in [-0.1, -0.05) is 12.8 Å².